The average molecular weight is 286 g/mol. The molecule has 0 saturated heterocycles. The topological polar surface area (TPSA) is 41.1 Å². The molecule has 0 spiro atoms. The van der Waals surface area contributed by atoms with Crippen molar-refractivity contribution in [3.8, 4) is 0 Å². The first-order chi connectivity index (χ1) is 10.0. The molecular formula is C17H19FN2O. The molecule has 2 aromatic rings. The van der Waals surface area contributed by atoms with E-state index in [0.29, 0.717) is 18.7 Å². The molecule has 1 amide bonds. The van der Waals surface area contributed by atoms with Crippen LogP contribution in [0.1, 0.15) is 17.5 Å². The quantitative estimate of drug-likeness (QED) is 0.875. The molecule has 0 radical (unpaired) electrons. The zero-order valence-electron chi connectivity index (χ0n) is 12.2. The number of hydrogen-bond acceptors (Lipinski definition) is 2. The number of rotatable bonds is 5. The van der Waals surface area contributed by atoms with Crippen LogP contribution < -0.4 is 10.6 Å². The Balaban J connectivity index is 1.83. The van der Waals surface area contributed by atoms with Gasteiger partial charge in [0.1, 0.15) is 5.82 Å². The van der Waals surface area contributed by atoms with E-state index in [9.17, 15) is 9.18 Å². The van der Waals surface area contributed by atoms with Gasteiger partial charge in [-0.1, -0.05) is 18.2 Å². The second-order valence-electron chi connectivity index (χ2n) is 5.05. The number of amides is 1. The van der Waals surface area contributed by atoms with Crippen molar-refractivity contribution in [1.82, 2.24) is 0 Å². The molecule has 4 heteroatoms. The molecule has 2 aromatic carbocycles. The van der Waals surface area contributed by atoms with Gasteiger partial charge < -0.3 is 10.6 Å². The minimum atomic E-state index is -0.360. The highest BCUT2D eigenvalue weighted by atomic mass is 19.1. The second-order valence-corrected chi connectivity index (χ2v) is 5.05. The first-order valence-corrected chi connectivity index (χ1v) is 6.91. The first-order valence-electron chi connectivity index (χ1n) is 6.91. The summed E-state index contributed by atoms with van der Waals surface area (Å²) in [6.07, 6.45) is 0.323. The van der Waals surface area contributed by atoms with Crippen LogP contribution in [-0.4, -0.2) is 12.5 Å². The van der Waals surface area contributed by atoms with Crippen LogP contribution in [0.2, 0.25) is 0 Å². The molecule has 21 heavy (non-hydrogen) atoms. The summed E-state index contributed by atoms with van der Waals surface area (Å²) in [5.41, 5.74) is 3.83. The molecule has 0 aliphatic heterocycles. The minimum absolute atomic E-state index is 0.140. The second kappa shape index (κ2) is 6.88. The molecule has 0 aromatic heterocycles. The Kier molecular flexibility index (Phi) is 4.93. The average Bonchev–Trinajstić information content (AvgIpc) is 2.42. The van der Waals surface area contributed by atoms with Gasteiger partial charge in [-0.2, -0.15) is 0 Å². The summed E-state index contributed by atoms with van der Waals surface area (Å²) in [6, 6.07) is 12.0. The highest BCUT2D eigenvalue weighted by Crippen LogP contribution is 2.16. The van der Waals surface area contributed by atoms with Crippen LogP contribution in [0.4, 0.5) is 15.8 Å². The van der Waals surface area contributed by atoms with Crippen LogP contribution in [0.15, 0.2) is 42.5 Å². The number of aryl methyl sites for hydroxylation is 2. The van der Waals surface area contributed by atoms with E-state index in [1.54, 1.807) is 12.1 Å². The third-order valence-corrected chi connectivity index (χ3v) is 3.17. The molecule has 2 rings (SSSR count). The van der Waals surface area contributed by atoms with Gasteiger partial charge in [0.05, 0.1) is 0 Å². The molecule has 0 atom stereocenters. The first kappa shape index (κ1) is 15.0. The van der Waals surface area contributed by atoms with Crippen LogP contribution >= 0.6 is 0 Å². The fraction of sp³-hybridized carbons (Fsp3) is 0.235. The van der Waals surface area contributed by atoms with E-state index in [1.807, 2.05) is 19.9 Å². The molecule has 0 saturated carbocycles. The number of benzene rings is 2. The van der Waals surface area contributed by atoms with Gasteiger partial charge in [-0.05, 0) is 49.2 Å². The molecule has 3 nitrogen and oxygen atoms in total. The maximum atomic E-state index is 13.0. The molecule has 0 fully saturated rings. The maximum absolute atomic E-state index is 13.0. The van der Waals surface area contributed by atoms with E-state index in [1.165, 1.54) is 17.7 Å². The normalized spacial score (nSPS) is 10.2. The van der Waals surface area contributed by atoms with Crippen molar-refractivity contribution >= 4 is 17.3 Å². The fourth-order valence-electron chi connectivity index (χ4n) is 2.03. The van der Waals surface area contributed by atoms with Crippen LogP contribution in [0, 0.1) is 19.7 Å². The van der Waals surface area contributed by atoms with Crippen LogP contribution in [0.3, 0.4) is 0 Å². The van der Waals surface area contributed by atoms with Crippen molar-refractivity contribution in [1.29, 1.82) is 0 Å². The number of hydrogen-bond donors (Lipinski definition) is 2. The van der Waals surface area contributed by atoms with Gasteiger partial charge in [0.2, 0.25) is 5.91 Å². The monoisotopic (exact) mass is 286 g/mol. The fourth-order valence-corrected chi connectivity index (χ4v) is 2.03. The molecule has 2 N–H and O–H groups in total. The summed E-state index contributed by atoms with van der Waals surface area (Å²) >= 11 is 0. The lowest BCUT2D eigenvalue weighted by Crippen LogP contribution is -2.16. The van der Waals surface area contributed by atoms with E-state index in [0.717, 1.165) is 11.3 Å². The van der Waals surface area contributed by atoms with Crippen molar-refractivity contribution < 1.29 is 9.18 Å². The van der Waals surface area contributed by atoms with Gasteiger partial charge in [0.25, 0.3) is 0 Å². The van der Waals surface area contributed by atoms with Gasteiger partial charge in [-0.3, -0.25) is 4.79 Å². The van der Waals surface area contributed by atoms with Crippen molar-refractivity contribution in [3.05, 3.63) is 59.4 Å². The number of anilines is 2. The zero-order valence-corrected chi connectivity index (χ0v) is 12.2. The summed E-state index contributed by atoms with van der Waals surface area (Å²) in [7, 11) is 0. The lowest BCUT2D eigenvalue weighted by atomic mass is 10.1. The predicted molar refractivity (Wildman–Crippen MR) is 84.1 cm³/mol. The van der Waals surface area contributed by atoms with Crippen molar-refractivity contribution in [2.24, 2.45) is 0 Å². The van der Waals surface area contributed by atoms with Crippen LogP contribution in [-0.2, 0) is 4.79 Å². The lowest BCUT2D eigenvalue weighted by molar-refractivity contribution is -0.115. The summed E-state index contributed by atoms with van der Waals surface area (Å²) in [4.78, 5) is 11.8. The Morgan fingerprint density at radius 2 is 1.95 bits per heavy atom. The number of nitrogens with one attached hydrogen (secondary N) is 2. The molecule has 110 valence electrons. The number of carbonyl (C=O) groups excluding carboxylic acids is 1. The Morgan fingerprint density at radius 3 is 2.71 bits per heavy atom. The minimum Gasteiger partial charge on any atom is -0.384 e. The third kappa shape index (κ3) is 4.60. The molecule has 0 aliphatic rings. The highest BCUT2D eigenvalue weighted by molar-refractivity contribution is 5.90. The summed E-state index contributed by atoms with van der Waals surface area (Å²) in [5.74, 6) is -0.500. The Hall–Kier alpha value is -2.36. The standard InChI is InChI=1S/C17H19FN2O/c1-12-6-7-13(2)16(10-12)19-9-8-17(21)20-15-5-3-4-14(18)11-15/h3-7,10-11,19H,8-9H2,1-2H3,(H,20,21). The van der Waals surface area contributed by atoms with E-state index < -0.39 is 0 Å². The van der Waals surface area contributed by atoms with Gasteiger partial charge in [0.15, 0.2) is 0 Å². The van der Waals surface area contributed by atoms with Crippen LogP contribution in [0.25, 0.3) is 0 Å². The lowest BCUT2D eigenvalue weighted by Gasteiger charge is -2.10. The van der Waals surface area contributed by atoms with E-state index in [-0.39, 0.29) is 11.7 Å². The summed E-state index contributed by atoms with van der Waals surface area (Å²) < 4.78 is 13.0. The van der Waals surface area contributed by atoms with Gasteiger partial charge in [-0.25, -0.2) is 4.39 Å². The predicted octanol–water partition coefficient (Wildman–Crippen LogP) is 3.88. The van der Waals surface area contributed by atoms with Gasteiger partial charge >= 0.3 is 0 Å². The summed E-state index contributed by atoms with van der Waals surface area (Å²) in [5, 5.41) is 5.92. The van der Waals surface area contributed by atoms with E-state index in [2.05, 4.69) is 22.8 Å². The SMILES string of the molecule is Cc1ccc(C)c(NCCC(=O)Nc2cccc(F)c2)c1. The largest absolute Gasteiger partial charge is 0.384 e. The molecular weight excluding hydrogens is 267 g/mol. The molecule has 0 bridgehead atoms. The van der Waals surface area contributed by atoms with Crippen molar-refractivity contribution in [2.75, 3.05) is 17.2 Å². The van der Waals surface area contributed by atoms with Gasteiger partial charge in [-0.15, -0.1) is 0 Å². The highest BCUT2D eigenvalue weighted by Gasteiger charge is 2.04. The Morgan fingerprint density at radius 1 is 1.14 bits per heavy atom. The molecule has 0 aliphatic carbocycles. The van der Waals surface area contributed by atoms with Crippen molar-refractivity contribution in [3.63, 3.8) is 0 Å². The van der Waals surface area contributed by atoms with Crippen LogP contribution in [0.5, 0.6) is 0 Å². The zero-order chi connectivity index (χ0) is 15.2. The maximum Gasteiger partial charge on any atom is 0.226 e. The molecule has 0 heterocycles. The summed E-state index contributed by atoms with van der Waals surface area (Å²) in [6.45, 7) is 4.58. The Bertz CT molecular complexity index is 640. The molecule has 0 unspecified atom stereocenters. The van der Waals surface area contributed by atoms with Gasteiger partial charge in [0, 0.05) is 24.3 Å². The van der Waals surface area contributed by atoms with E-state index >= 15 is 0 Å². The number of halogens is 1. The Labute approximate surface area is 124 Å². The smallest absolute Gasteiger partial charge is 0.226 e. The van der Waals surface area contributed by atoms with Crippen molar-refractivity contribution in [2.45, 2.75) is 20.3 Å². The van der Waals surface area contributed by atoms with E-state index in [4.69, 9.17) is 0 Å². The number of carbonyl (C=O) groups is 1. The third-order valence-electron chi connectivity index (χ3n) is 3.17.